The molecular weight excluding hydrogens is 439 g/mol. The highest BCUT2D eigenvalue weighted by molar-refractivity contribution is 14.0. The lowest BCUT2D eigenvalue weighted by atomic mass is 10.1. The molecule has 1 saturated carbocycles. The second-order valence-electron chi connectivity index (χ2n) is 7.15. The van der Waals surface area contributed by atoms with Crippen LogP contribution in [0.5, 0.6) is 5.75 Å². The topological polar surface area (TPSA) is 48.9 Å². The Morgan fingerprint density at radius 1 is 1.19 bits per heavy atom. The second kappa shape index (κ2) is 11.0. The van der Waals surface area contributed by atoms with E-state index in [1.165, 1.54) is 44.3 Å². The van der Waals surface area contributed by atoms with Crippen LogP contribution in [0, 0.1) is 6.92 Å². The first-order valence-corrected chi connectivity index (χ1v) is 9.66. The van der Waals surface area contributed by atoms with Crippen molar-refractivity contribution in [2.45, 2.75) is 51.1 Å². The lowest BCUT2D eigenvalue weighted by Crippen LogP contribution is -2.49. The summed E-state index contributed by atoms with van der Waals surface area (Å²) in [5.41, 5.74) is 1.19. The molecule has 0 spiro atoms. The number of nitrogens with zero attached hydrogens (tertiary/aromatic N) is 2. The van der Waals surface area contributed by atoms with Gasteiger partial charge in [-0.3, -0.25) is 4.99 Å². The number of piperidine rings is 1. The lowest BCUT2D eigenvalue weighted by molar-refractivity contribution is 0.197. The fourth-order valence-electron chi connectivity index (χ4n) is 3.42. The van der Waals surface area contributed by atoms with Crippen LogP contribution in [0.3, 0.4) is 0 Å². The van der Waals surface area contributed by atoms with Crippen LogP contribution in [-0.4, -0.2) is 56.2 Å². The highest BCUT2D eigenvalue weighted by atomic mass is 127. The van der Waals surface area contributed by atoms with Gasteiger partial charge in [0.25, 0.3) is 0 Å². The SMILES string of the molecule is CN=C(NCCCOc1ccccc1C)NC1CCN(C2CC2)CC1.I. The third-order valence-corrected chi connectivity index (χ3v) is 5.12. The molecular formula is C20H33IN4O. The summed E-state index contributed by atoms with van der Waals surface area (Å²) < 4.78 is 5.84. The molecule has 5 nitrogen and oxygen atoms in total. The minimum absolute atomic E-state index is 0. The summed E-state index contributed by atoms with van der Waals surface area (Å²) >= 11 is 0. The van der Waals surface area contributed by atoms with E-state index in [9.17, 15) is 0 Å². The Morgan fingerprint density at radius 2 is 1.92 bits per heavy atom. The maximum Gasteiger partial charge on any atom is 0.191 e. The Bertz CT molecular complexity index is 569. The Kier molecular flexibility index (Phi) is 8.98. The number of nitrogens with one attached hydrogen (secondary N) is 2. The van der Waals surface area contributed by atoms with Gasteiger partial charge < -0.3 is 20.3 Å². The Hall–Kier alpha value is -1.02. The molecule has 2 fully saturated rings. The number of rotatable bonds is 7. The maximum atomic E-state index is 5.84. The zero-order valence-electron chi connectivity index (χ0n) is 16.0. The zero-order chi connectivity index (χ0) is 17.5. The van der Waals surface area contributed by atoms with E-state index >= 15 is 0 Å². The predicted molar refractivity (Wildman–Crippen MR) is 119 cm³/mol. The van der Waals surface area contributed by atoms with Crippen molar-refractivity contribution in [2.75, 3.05) is 33.3 Å². The van der Waals surface area contributed by atoms with Crippen molar-refractivity contribution in [3.8, 4) is 5.75 Å². The van der Waals surface area contributed by atoms with Crippen molar-refractivity contribution in [3.05, 3.63) is 29.8 Å². The molecule has 2 aliphatic rings. The molecule has 0 bridgehead atoms. The van der Waals surface area contributed by atoms with E-state index in [0.717, 1.165) is 30.7 Å². The van der Waals surface area contributed by atoms with E-state index < -0.39 is 0 Å². The third-order valence-electron chi connectivity index (χ3n) is 5.12. The van der Waals surface area contributed by atoms with Crippen molar-refractivity contribution in [1.82, 2.24) is 15.5 Å². The summed E-state index contributed by atoms with van der Waals surface area (Å²) in [6.07, 6.45) is 6.20. The van der Waals surface area contributed by atoms with Crippen LogP contribution in [-0.2, 0) is 0 Å². The average Bonchev–Trinajstić information content (AvgIpc) is 3.47. The van der Waals surface area contributed by atoms with E-state index in [1.807, 2.05) is 25.2 Å². The first-order valence-electron chi connectivity index (χ1n) is 9.66. The number of guanidine groups is 1. The van der Waals surface area contributed by atoms with Crippen LogP contribution in [0.2, 0.25) is 0 Å². The molecule has 0 atom stereocenters. The van der Waals surface area contributed by atoms with Crippen LogP contribution in [0.25, 0.3) is 0 Å². The van der Waals surface area contributed by atoms with E-state index in [0.29, 0.717) is 12.6 Å². The van der Waals surface area contributed by atoms with Crippen LogP contribution in [0.15, 0.2) is 29.3 Å². The molecule has 146 valence electrons. The van der Waals surface area contributed by atoms with Crippen LogP contribution >= 0.6 is 24.0 Å². The summed E-state index contributed by atoms with van der Waals surface area (Å²) in [4.78, 5) is 7.01. The van der Waals surface area contributed by atoms with Gasteiger partial charge in [-0.1, -0.05) is 18.2 Å². The maximum absolute atomic E-state index is 5.84. The van der Waals surface area contributed by atoms with Gasteiger partial charge in [-0.05, 0) is 50.7 Å². The molecule has 0 unspecified atom stereocenters. The van der Waals surface area contributed by atoms with Crippen molar-refractivity contribution in [3.63, 3.8) is 0 Å². The van der Waals surface area contributed by atoms with Crippen molar-refractivity contribution >= 4 is 29.9 Å². The van der Waals surface area contributed by atoms with Gasteiger partial charge in [0, 0.05) is 38.8 Å². The first kappa shape index (κ1) is 21.3. The quantitative estimate of drug-likeness (QED) is 0.277. The molecule has 1 aromatic carbocycles. The fourth-order valence-corrected chi connectivity index (χ4v) is 3.42. The molecule has 0 radical (unpaired) electrons. The van der Waals surface area contributed by atoms with Gasteiger partial charge in [-0.25, -0.2) is 0 Å². The van der Waals surface area contributed by atoms with Crippen LogP contribution in [0.1, 0.15) is 37.7 Å². The number of aryl methyl sites for hydroxylation is 1. The molecule has 0 aromatic heterocycles. The lowest BCUT2D eigenvalue weighted by Gasteiger charge is -2.33. The van der Waals surface area contributed by atoms with Gasteiger partial charge in [0.2, 0.25) is 0 Å². The minimum Gasteiger partial charge on any atom is -0.493 e. The number of hydrogen-bond acceptors (Lipinski definition) is 3. The van der Waals surface area contributed by atoms with Crippen molar-refractivity contribution in [1.29, 1.82) is 0 Å². The normalized spacial score (nSPS) is 18.9. The number of likely N-dealkylation sites (tertiary alicyclic amines) is 1. The van der Waals surface area contributed by atoms with Gasteiger partial charge in [0.1, 0.15) is 5.75 Å². The number of hydrogen-bond donors (Lipinski definition) is 2. The van der Waals surface area contributed by atoms with E-state index in [1.54, 1.807) is 0 Å². The summed E-state index contributed by atoms with van der Waals surface area (Å²) in [6.45, 7) is 6.11. The van der Waals surface area contributed by atoms with Crippen molar-refractivity contribution in [2.24, 2.45) is 4.99 Å². The van der Waals surface area contributed by atoms with Crippen LogP contribution < -0.4 is 15.4 Å². The van der Waals surface area contributed by atoms with Gasteiger partial charge in [0.05, 0.1) is 6.61 Å². The number of ether oxygens (including phenoxy) is 1. The highest BCUT2D eigenvalue weighted by Gasteiger charge is 2.31. The Labute approximate surface area is 175 Å². The van der Waals surface area contributed by atoms with E-state index in [4.69, 9.17) is 4.74 Å². The molecule has 1 heterocycles. The first-order chi connectivity index (χ1) is 12.3. The molecule has 0 amide bonds. The predicted octanol–water partition coefficient (Wildman–Crippen LogP) is 3.17. The molecule has 26 heavy (non-hydrogen) atoms. The number of benzene rings is 1. The third kappa shape index (κ3) is 6.61. The fraction of sp³-hybridized carbons (Fsp3) is 0.650. The monoisotopic (exact) mass is 472 g/mol. The summed E-state index contributed by atoms with van der Waals surface area (Å²) in [6, 6.07) is 9.59. The second-order valence-corrected chi connectivity index (χ2v) is 7.15. The number of halogens is 1. The zero-order valence-corrected chi connectivity index (χ0v) is 18.4. The summed E-state index contributed by atoms with van der Waals surface area (Å²) in [5.74, 6) is 1.90. The number of para-hydroxylation sites is 1. The molecule has 2 N–H and O–H groups in total. The van der Waals surface area contributed by atoms with E-state index in [-0.39, 0.29) is 24.0 Å². The molecule has 3 rings (SSSR count). The average molecular weight is 472 g/mol. The molecule has 1 aliphatic carbocycles. The molecule has 1 aromatic rings. The highest BCUT2D eigenvalue weighted by Crippen LogP contribution is 2.29. The molecule has 1 saturated heterocycles. The minimum atomic E-state index is 0. The van der Waals surface area contributed by atoms with Gasteiger partial charge >= 0.3 is 0 Å². The van der Waals surface area contributed by atoms with E-state index in [2.05, 4.69) is 33.5 Å². The number of aliphatic imine (C=N–C) groups is 1. The van der Waals surface area contributed by atoms with Crippen LogP contribution in [0.4, 0.5) is 0 Å². The molecule has 6 heteroatoms. The largest absolute Gasteiger partial charge is 0.493 e. The Morgan fingerprint density at radius 3 is 2.58 bits per heavy atom. The Balaban J connectivity index is 0.00000243. The van der Waals surface area contributed by atoms with Crippen molar-refractivity contribution < 1.29 is 4.74 Å². The van der Waals surface area contributed by atoms with Gasteiger partial charge in [0.15, 0.2) is 5.96 Å². The summed E-state index contributed by atoms with van der Waals surface area (Å²) in [5, 5.41) is 6.98. The molecule has 1 aliphatic heterocycles. The smallest absolute Gasteiger partial charge is 0.191 e. The standard InChI is InChI=1S/C20H32N4O.HI/c1-16-6-3-4-7-19(16)25-15-5-12-22-20(21-2)23-17-10-13-24(14-11-17)18-8-9-18;/h3-4,6-7,17-18H,5,8-15H2,1-2H3,(H2,21,22,23);1H. The van der Waals surface area contributed by atoms with Gasteiger partial charge in [-0.2, -0.15) is 0 Å². The summed E-state index contributed by atoms with van der Waals surface area (Å²) in [7, 11) is 1.85. The van der Waals surface area contributed by atoms with Gasteiger partial charge in [-0.15, -0.1) is 24.0 Å².